The lowest BCUT2D eigenvalue weighted by Crippen LogP contribution is -2.50. The van der Waals surface area contributed by atoms with Gasteiger partial charge in [0.2, 0.25) is 11.8 Å². The Morgan fingerprint density at radius 1 is 1.00 bits per heavy atom. The molecule has 1 N–H and O–H groups in total. The molecule has 156 valence electrons. The second-order valence-electron chi connectivity index (χ2n) is 6.93. The SMILES string of the molecule is CCCCNC(=O)[C@@H](Cc1ccccc1)N(Cc1c(Cl)cccc1Cl)C(=O)CC. The maximum Gasteiger partial charge on any atom is 0.243 e. The standard InChI is InChI=1S/C23H28Cl2N2O2/c1-3-5-14-26-23(29)21(15-17-10-7-6-8-11-17)27(22(28)4-2)16-18-19(24)12-9-13-20(18)25/h6-13,21H,3-5,14-16H2,1-2H3,(H,26,29)/t21-/m1/s1. The van der Waals surface area contributed by atoms with Crippen molar-refractivity contribution in [3.8, 4) is 0 Å². The zero-order chi connectivity index (χ0) is 21.2. The molecular formula is C23H28Cl2N2O2. The summed E-state index contributed by atoms with van der Waals surface area (Å²) in [7, 11) is 0. The summed E-state index contributed by atoms with van der Waals surface area (Å²) in [4.78, 5) is 27.5. The molecule has 2 amide bonds. The number of carbonyl (C=O) groups is 2. The van der Waals surface area contributed by atoms with Crippen LogP contribution in [0.3, 0.4) is 0 Å². The highest BCUT2D eigenvalue weighted by Crippen LogP contribution is 2.27. The molecule has 0 saturated carbocycles. The van der Waals surface area contributed by atoms with E-state index in [-0.39, 0.29) is 24.8 Å². The van der Waals surface area contributed by atoms with E-state index in [1.54, 1.807) is 30.0 Å². The number of benzene rings is 2. The minimum absolute atomic E-state index is 0.118. The molecule has 0 bridgehead atoms. The van der Waals surface area contributed by atoms with Crippen molar-refractivity contribution in [1.82, 2.24) is 10.2 Å². The van der Waals surface area contributed by atoms with Gasteiger partial charge in [-0.15, -0.1) is 0 Å². The van der Waals surface area contributed by atoms with Crippen LogP contribution in [0.2, 0.25) is 10.0 Å². The van der Waals surface area contributed by atoms with Crippen LogP contribution < -0.4 is 5.32 Å². The number of hydrogen-bond acceptors (Lipinski definition) is 2. The summed E-state index contributed by atoms with van der Waals surface area (Å²) >= 11 is 12.7. The zero-order valence-electron chi connectivity index (χ0n) is 17.0. The Hall–Kier alpha value is -2.04. The quantitative estimate of drug-likeness (QED) is 0.518. The van der Waals surface area contributed by atoms with Crippen molar-refractivity contribution < 1.29 is 9.59 Å². The summed E-state index contributed by atoms with van der Waals surface area (Å²) in [6, 6.07) is 14.3. The lowest BCUT2D eigenvalue weighted by atomic mass is 10.0. The molecule has 0 aliphatic rings. The number of hydrogen-bond donors (Lipinski definition) is 1. The van der Waals surface area contributed by atoms with Crippen LogP contribution in [-0.4, -0.2) is 29.3 Å². The van der Waals surface area contributed by atoms with E-state index in [9.17, 15) is 9.59 Å². The van der Waals surface area contributed by atoms with E-state index in [1.807, 2.05) is 30.3 Å². The molecular weight excluding hydrogens is 407 g/mol. The Labute approximate surface area is 183 Å². The fraction of sp³-hybridized carbons (Fsp3) is 0.391. The van der Waals surface area contributed by atoms with Gasteiger partial charge in [0.05, 0.1) is 0 Å². The molecule has 0 saturated heterocycles. The first-order valence-corrected chi connectivity index (χ1v) is 10.8. The first-order valence-electron chi connectivity index (χ1n) is 10.0. The predicted molar refractivity (Wildman–Crippen MR) is 119 cm³/mol. The molecule has 0 radical (unpaired) electrons. The van der Waals surface area contributed by atoms with Gasteiger partial charge in [0, 0.05) is 41.5 Å². The van der Waals surface area contributed by atoms with E-state index in [0.717, 1.165) is 18.4 Å². The highest BCUT2D eigenvalue weighted by atomic mass is 35.5. The van der Waals surface area contributed by atoms with E-state index in [1.165, 1.54) is 0 Å². The van der Waals surface area contributed by atoms with E-state index < -0.39 is 6.04 Å². The first kappa shape index (κ1) is 23.2. The molecule has 4 nitrogen and oxygen atoms in total. The van der Waals surface area contributed by atoms with Crippen LogP contribution in [0.5, 0.6) is 0 Å². The van der Waals surface area contributed by atoms with Crippen LogP contribution in [-0.2, 0) is 22.6 Å². The smallest absolute Gasteiger partial charge is 0.243 e. The van der Waals surface area contributed by atoms with E-state index in [0.29, 0.717) is 28.6 Å². The van der Waals surface area contributed by atoms with Crippen molar-refractivity contribution >= 4 is 35.0 Å². The largest absolute Gasteiger partial charge is 0.354 e. The van der Waals surface area contributed by atoms with Gasteiger partial charge in [0.25, 0.3) is 0 Å². The summed E-state index contributed by atoms with van der Waals surface area (Å²) in [6.45, 7) is 4.63. The number of rotatable bonds is 10. The number of carbonyl (C=O) groups excluding carboxylic acids is 2. The van der Waals surface area contributed by atoms with E-state index in [2.05, 4.69) is 12.2 Å². The summed E-state index contributed by atoms with van der Waals surface area (Å²) in [5.41, 5.74) is 1.64. The summed E-state index contributed by atoms with van der Waals surface area (Å²) in [5.74, 6) is -0.278. The van der Waals surface area contributed by atoms with Crippen molar-refractivity contribution in [2.75, 3.05) is 6.54 Å². The van der Waals surface area contributed by atoms with Gasteiger partial charge in [-0.2, -0.15) is 0 Å². The average molecular weight is 435 g/mol. The highest BCUT2D eigenvalue weighted by Gasteiger charge is 2.30. The third-order valence-corrected chi connectivity index (χ3v) is 5.50. The molecule has 0 aliphatic heterocycles. The van der Waals surface area contributed by atoms with Gasteiger partial charge >= 0.3 is 0 Å². The Morgan fingerprint density at radius 2 is 1.66 bits per heavy atom. The second kappa shape index (κ2) is 11.8. The first-order chi connectivity index (χ1) is 14.0. The van der Waals surface area contributed by atoms with Gasteiger partial charge in [-0.25, -0.2) is 0 Å². The van der Waals surface area contributed by atoms with Crippen molar-refractivity contribution in [3.63, 3.8) is 0 Å². The number of nitrogens with one attached hydrogen (secondary N) is 1. The van der Waals surface area contributed by atoms with Gasteiger partial charge in [0.1, 0.15) is 6.04 Å². The second-order valence-corrected chi connectivity index (χ2v) is 7.74. The number of halogens is 2. The van der Waals surface area contributed by atoms with Crippen molar-refractivity contribution in [2.45, 2.75) is 52.1 Å². The van der Waals surface area contributed by atoms with Crippen LogP contribution in [0.4, 0.5) is 0 Å². The van der Waals surface area contributed by atoms with Crippen LogP contribution in [0.15, 0.2) is 48.5 Å². The molecule has 0 fully saturated rings. The fourth-order valence-corrected chi connectivity index (χ4v) is 3.63. The number of nitrogens with zero attached hydrogens (tertiary/aromatic N) is 1. The minimum atomic E-state index is -0.644. The highest BCUT2D eigenvalue weighted by molar-refractivity contribution is 6.36. The molecule has 2 rings (SSSR count). The maximum atomic E-state index is 13.1. The molecule has 0 unspecified atom stereocenters. The Bertz CT molecular complexity index is 792. The molecule has 0 aromatic heterocycles. The van der Waals surface area contributed by atoms with Gasteiger partial charge in [0.15, 0.2) is 0 Å². The minimum Gasteiger partial charge on any atom is -0.354 e. The van der Waals surface area contributed by atoms with Crippen LogP contribution in [0.25, 0.3) is 0 Å². The molecule has 1 atom stereocenters. The molecule has 0 heterocycles. The van der Waals surface area contributed by atoms with Gasteiger partial charge in [-0.05, 0) is 24.1 Å². The fourth-order valence-electron chi connectivity index (χ4n) is 3.12. The van der Waals surface area contributed by atoms with Crippen molar-refractivity contribution in [3.05, 3.63) is 69.7 Å². The van der Waals surface area contributed by atoms with Crippen LogP contribution in [0.1, 0.15) is 44.2 Å². The van der Waals surface area contributed by atoms with Gasteiger partial charge in [-0.3, -0.25) is 9.59 Å². The molecule has 2 aromatic carbocycles. The normalized spacial score (nSPS) is 11.7. The third kappa shape index (κ3) is 6.76. The van der Waals surface area contributed by atoms with Crippen molar-refractivity contribution in [1.29, 1.82) is 0 Å². The Morgan fingerprint density at radius 3 is 2.24 bits per heavy atom. The molecule has 0 aliphatic carbocycles. The molecule has 6 heteroatoms. The summed E-state index contributed by atoms with van der Waals surface area (Å²) in [5, 5.41) is 3.94. The predicted octanol–water partition coefficient (Wildman–Crippen LogP) is 5.26. The zero-order valence-corrected chi connectivity index (χ0v) is 18.5. The number of amides is 2. The monoisotopic (exact) mass is 434 g/mol. The van der Waals surface area contributed by atoms with Gasteiger partial charge in [-0.1, -0.05) is 79.9 Å². The van der Waals surface area contributed by atoms with Gasteiger partial charge < -0.3 is 10.2 Å². The lowest BCUT2D eigenvalue weighted by molar-refractivity contribution is -0.141. The van der Waals surface area contributed by atoms with E-state index in [4.69, 9.17) is 23.2 Å². The molecule has 0 spiro atoms. The van der Waals surface area contributed by atoms with Crippen molar-refractivity contribution in [2.24, 2.45) is 0 Å². The molecule has 29 heavy (non-hydrogen) atoms. The third-order valence-electron chi connectivity index (χ3n) is 4.79. The Balaban J connectivity index is 2.37. The maximum absolute atomic E-state index is 13.1. The van der Waals surface area contributed by atoms with Crippen LogP contribution in [0, 0.1) is 0 Å². The molecule has 2 aromatic rings. The topological polar surface area (TPSA) is 49.4 Å². The summed E-state index contributed by atoms with van der Waals surface area (Å²) < 4.78 is 0. The number of unbranched alkanes of at least 4 members (excludes halogenated alkanes) is 1. The Kier molecular flexibility index (Phi) is 9.49. The summed E-state index contributed by atoms with van der Waals surface area (Å²) in [6.07, 6.45) is 2.58. The average Bonchev–Trinajstić information content (AvgIpc) is 2.72. The van der Waals surface area contributed by atoms with Crippen LogP contribution >= 0.6 is 23.2 Å². The van der Waals surface area contributed by atoms with E-state index >= 15 is 0 Å². The lowest BCUT2D eigenvalue weighted by Gasteiger charge is -2.32.